The van der Waals surface area contributed by atoms with E-state index in [0.29, 0.717) is 16.7 Å². The van der Waals surface area contributed by atoms with E-state index in [1.165, 1.54) is 6.08 Å². The molecule has 1 aromatic rings. The van der Waals surface area contributed by atoms with Gasteiger partial charge in [-0.05, 0) is 25.1 Å². The molecular weight excluding hydrogens is 214 g/mol. The highest BCUT2D eigenvalue weighted by Crippen LogP contribution is 2.30. The van der Waals surface area contributed by atoms with Gasteiger partial charge in [0.1, 0.15) is 0 Å². The quantitative estimate of drug-likeness (QED) is 0.676. The Morgan fingerprint density at radius 3 is 2.82 bits per heavy atom. The first-order valence-corrected chi connectivity index (χ1v) is 5.33. The van der Waals surface area contributed by atoms with Gasteiger partial charge in [-0.15, -0.1) is 0 Å². The molecule has 0 aromatic carbocycles. The Balaban J connectivity index is 2.29. The van der Waals surface area contributed by atoms with Gasteiger partial charge in [-0.25, -0.2) is 0 Å². The molecule has 1 heterocycles. The second kappa shape index (κ2) is 3.35. The Kier molecular flexibility index (Phi) is 1.95. The maximum Gasteiger partial charge on any atom is 0.194 e. The zero-order valence-electron chi connectivity index (χ0n) is 9.23. The SMILES string of the molecule is Cc1cc2c(cn1)C=C1C(=O)C=CC=C1C2=O. The minimum absolute atomic E-state index is 0.0966. The number of aryl methyl sites for hydroxylation is 1. The third-order valence-corrected chi connectivity index (χ3v) is 2.93. The van der Waals surface area contributed by atoms with Crippen LogP contribution in [0.3, 0.4) is 0 Å². The van der Waals surface area contributed by atoms with Crippen molar-refractivity contribution in [2.24, 2.45) is 0 Å². The summed E-state index contributed by atoms with van der Waals surface area (Å²) in [6, 6.07) is 1.76. The maximum atomic E-state index is 12.2. The fourth-order valence-electron chi connectivity index (χ4n) is 2.07. The van der Waals surface area contributed by atoms with Crippen LogP contribution in [0.15, 0.2) is 41.6 Å². The van der Waals surface area contributed by atoms with Crippen molar-refractivity contribution in [3.05, 3.63) is 58.5 Å². The largest absolute Gasteiger partial charge is 0.289 e. The van der Waals surface area contributed by atoms with Gasteiger partial charge >= 0.3 is 0 Å². The van der Waals surface area contributed by atoms with Crippen LogP contribution < -0.4 is 0 Å². The highest BCUT2D eigenvalue weighted by atomic mass is 16.1. The predicted octanol–water partition coefficient (Wildman–Crippen LogP) is 2.04. The van der Waals surface area contributed by atoms with E-state index < -0.39 is 0 Å². The molecule has 3 rings (SSSR count). The lowest BCUT2D eigenvalue weighted by Gasteiger charge is -2.18. The number of Topliss-reactive ketones (excluding diaryl/α,β-unsaturated/α-hetero) is 1. The lowest BCUT2D eigenvalue weighted by atomic mass is 9.83. The van der Waals surface area contributed by atoms with E-state index in [4.69, 9.17) is 0 Å². The van der Waals surface area contributed by atoms with Gasteiger partial charge in [0, 0.05) is 34.2 Å². The number of carbonyl (C=O) groups excluding carboxylic acids is 2. The van der Waals surface area contributed by atoms with Gasteiger partial charge < -0.3 is 0 Å². The molecule has 0 saturated carbocycles. The van der Waals surface area contributed by atoms with Gasteiger partial charge in [0.2, 0.25) is 0 Å². The van der Waals surface area contributed by atoms with Crippen molar-refractivity contribution in [2.45, 2.75) is 6.92 Å². The monoisotopic (exact) mass is 223 g/mol. The molecule has 3 nitrogen and oxygen atoms in total. The molecule has 0 atom stereocenters. The number of ketones is 2. The average molecular weight is 223 g/mol. The minimum Gasteiger partial charge on any atom is -0.289 e. The van der Waals surface area contributed by atoms with Gasteiger partial charge in [-0.3, -0.25) is 14.6 Å². The molecule has 2 aliphatic rings. The molecule has 0 unspecified atom stereocenters. The first-order chi connectivity index (χ1) is 8.16. The standard InChI is InChI=1S/C14H9NO2/c1-8-5-11-9(7-15-8)6-12-10(14(11)17)3-2-4-13(12)16/h2-7H,1H3. The molecule has 0 amide bonds. The number of fused-ring (bicyclic) bond motifs is 2. The van der Waals surface area contributed by atoms with E-state index >= 15 is 0 Å². The van der Waals surface area contributed by atoms with E-state index in [0.717, 1.165) is 11.3 Å². The van der Waals surface area contributed by atoms with Crippen LogP contribution in [-0.4, -0.2) is 16.6 Å². The Labute approximate surface area is 98.2 Å². The highest BCUT2D eigenvalue weighted by Gasteiger charge is 2.28. The Morgan fingerprint density at radius 2 is 2.00 bits per heavy atom. The van der Waals surface area contributed by atoms with Gasteiger partial charge in [-0.1, -0.05) is 12.2 Å². The zero-order chi connectivity index (χ0) is 12.0. The number of allylic oxidation sites excluding steroid dienone is 5. The van der Waals surface area contributed by atoms with Crippen molar-refractivity contribution >= 4 is 17.6 Å². The van der Waals surface area contributed by atoms with Crippen molar-refractivity contribution < 1.29 is 9.59 Å². The van der Waals surface area contributed by atoms with Crippen molar-refractivity contribution in [3.8, 4) is 0 Å². The van der Waals surface area contributed by atoms with E-state index in [9.17, 15) is 9.59 Å². The molecule has 0 N–H and O–H groups in total. The second-order valence-electron chi connectivity index (χ2n) is 4.10. The van der Waals surface area contributed by atoms with Crippen molar-refractivity contribution in [1.29, 1.82) is 0 Å². The topological polar surface area (TPSA) is 47.0 Å². The van der Waals surface area contributed by atoms with Crippen LogP contribution in [-0.2, 0) is 4.79 Å². The number of nitrogens with zero attached hydrogens (tertiary/aromatic N) is 1. The molecule has 0 bridgehead atoms. The fourth-order valence-corrected chi connectivity index (χ4v) is 2.07. The predicted molar refractivity (Wildman–Crippen MR) is 63.5 cm³/mol. The average Bonchev–Trinajstić information content (AvgIpc) is 2.32. The molecule has 2 aliphatic carbocycles. The summed E-state index contributed by atoms with van der Waals surface area (Å²) in [6.45, 7) is 1.84. The number of hydrogen-bond donors (Lipinski definition) is 0. The smallest absolute Gasteiger partial charge is 0.194 e. The lowest BCUT2D eigenvalue weighted by molar-refractivity contribution is -0.111. The van der Waals surface area contributed by atoms with Gasteiger partial charge in [0.25, 0.3) is 0 Å². The molecule has 0 fully saturated rings. The fraction of sp³-hybridized carbons (Fsp3) is 0.0714. The van der Waals surface area contributed by atoms with Gasteiger partial charge in [0.05, 0.1) is 0 Å². The van der Waals surface area contributed by atoms with Crippen LogP contribution >= 0.6 is 0 Å². The number of rotatable bonds is 0. The first-order valence-electron chi connectivity index (χ1n) is 5.33. The Hall–Kier alpha value is -2.29. The van der Waals surface area contributed by atoms with Gasteiger partial charge in [-0.2, -0.15) is 0 Å². The summed E-state index contributed by atoms with van der Waals surface area (Å²) in [5, 5.41) is 0. The molecule has 3 heteroatoms. The summed E-state index contributed by atoms with van der Waals surface area (Å²) in [5.41, 5.74) is 3.09. The third-order valence-electron chi connectivity index (χ3n) is 2.93. The van der Waals surface area contributed by atoms with Crippen LogP contribution in [0.1, 0.15) is 21.6 Å². The zero-order valence-corrected chi connectivity index (χ0v) is 9.23. The van der Waals surface area contributed by atoms with Crippen LogP contribution in [0.4, 0.5) is 0 Å². The summed E-state index contributed by atoms with van der Waals surface area (Å²) in [5.74, 6) is -0.220. The van der Waals surface area contributed by atoms with Crippen LogP contribution in [0.25, 0.3) is 6.08 Å². The van der Waals surface area contributed by atoms with Crippen molar-refractivity contribution in [2.75, 3.05) is 0 Å². The first kappa shape index (κ1) is 9.90. The number of carbonyl (C=O) groups is 2. The molecule has 0 aliphatic heterocycles. The molecule has 0 radical (unpaired) electrons. The summed E-state index contributed by atoms with van der Waals surface area (Å²) < 4.78 is 0. The third kappa shape index (κ3) is 1.40. The highest BCUT2D eigenvalue weighted by molar-refractivity contribution is 6.27. The number of hydrogen-bond acceptors (Lipinski definition) is 3. The van der Waals surface area contributed by atoms with E-state index in [1.807, 2.05) is 6.92 Å². The van der Waals surface area contributed by atoms with Crippen LogP contribution in [0.2, 0.25) is 0 Å². The number of pyridine rings is 1. The second-order valence-corrected chi connectivity index (χ2v) is 4.10. The molecule has 0 saturated heterocycles. The number of aromatic nitrogens is 1. The van der Waals surface area contributed by atoms with Crippen LogP contribution in [0, 0.1) is 6.92 Å². The molecular formula is C14H9NO2. The maximum absolute atomic E-state index is 12.2. The summed E-state index contributed by atoms with van der Waals surface area (Å²) in [4.78, 5) is 28.1. The van der Waals surface area contributed by atoms with E-state index in [-0.39, 0.29) is 11.6 Å². The molecule has 0 spiro atoms. The summed E-state index contributed by atoms with van der Waals surface area (Å²) in [7, 11) is 0. The van der Waals surface area contributed by atoms with Crippen molar-refractivity contribution in [1.82, 2.24) is 4.98 Å². The summed E-state index contributed by atoms with van der Waals surface area (Å²) in [6.07, 6.45) is 8.15. The van der Waals surface area contributed by atoms with E-state index in [2.05, 4.69) is 4.98 Å². The van der Waals surface area contributed by atoms with Crippen LogP contribution in [0.5, 0.6) is 0 Å². The Morgan fingerprint density at radius 1 is 1.18 bits per heavy atom. The molecule has 17 heavy (non-hydrogen) atoms. The normalized spacial score (nSPS) is 17.2. The minimum atomic E-state index is -0.123. The van der Waals surface area contributed by atoms with Gasteiger partial charge in [0.15, 0.2) is 11.6 Å². The Bertz CT molecular complexity index is 648. The summed E-state index contributed by atoms with van der Waals surface area (Å²) >= 11 is 0. The van der Waals surface area contributed by atoms with Crippen molar-refractivity contribution in [3.63, 3.8) is 0 Å². The lowest BCUT2D eigenvalue weighted by Crippen LogP contribution is -2.18. The molecule has 1 aromatic heterocycles. The van der Waals surface area contributed by atoms with E-state index in [1.54, 1.807) is 30.5 Å². The molecule has 82 valence electrons.